The molecule has 2 atom stereocenters. The molecule has 0 amide bonds. The fraction of sp³-hybridized carbons (Fsp3) is 0.846. The van der Waals surface area contributed by atoms with E-state index in [-0.39, 0.29) is 24.3 Å². The van der Waals surface area contributed by atoms with Gasteiger partial charge in [0, 0.05) is 12.0 Å². The molecule has 8 aliphatic carbocycles. The van der Waals surface area contributed by atoms with E-state index < -0.39 is 11.0 Å². The molecule has 0 heterocycles. The van der Waals surface area contributed by atoms with Crippen molar-refractivity contribution in [3.8, 4) is 0 Å². The fourth-order valence-electron chi connectivity index (χ4n) is 9.39. The maximum absolute atomic E-state index is 13.4. The van der Waals surface area contributed by atoms with Crippen molar-refractivity contribution in [1.29, 1.82) is 0 Å². The Kier molecular flexibility index (Phi) is 4.46. The van der Waals surface area contributed by atoms with Crippen LogP contribution in [-0.2, 0) is 23.8 Å². The van der Waals surface area contributed by atoms with Crippen molar-refractivity contribution >= 4 is 11.9 Å². The average molecular weight is 429 g/mol. The molecule has 0 spiro atoms. The Morgan fingerprint density at radius 3 is 1.87 bits per heavy atom. The molecule has 8 bridgehead atoms. The van der Waals surface area contributed by atoms with Crippen LogP contribution in [0.2, 0.25) is 0 Å². The molecule has 0 aromatic rings. The Hall–Kier alpha value is -1.36. The number of hydrogen-bond acceptors (Lipinski definition) is 5. The van der Waals surface area contributed by atoms with Gasteiger partial charge in [0.1, 0.15) is 5.60 Å². The van der Waals surface area contributed by atoms with Gasteiger partial charge in [0.15, 0.2) is 6.79 Å². The summed E-state index contributed by atoms with van der Waals surface area (Å²) in [5.41, 5.74) is -0.643. The van der Waals surface area contributed by atoms with E-state index in [9.17, 15) is 9.59 Å². The molecule has 31 heavy (non-hydrogen) atoms. The maximum atomic E-state index is 13.4. The second-order valence-corrected chi connectivity index (χ2v) is 12.4. The van der Waals surface area contributed by atoms with E-state index >= 15 is 0 Å². The van der Waals surface area contributed by atoms with Crippen LogP contribution >= 0.6 is 0 Å². The minimum Gasteiger partial charge on any atom is -0.456 e. The van der Waals surface area contributed by atoms with E-state index in [0.717, 1.165) is 69.1 Å². The first-order chi connectivity index (χ1) is 14.8. The first-order valence-electron chi connectivity index (χ1n) is 12.5. The molecule has 0 saturated heterocycles. The first kappa shape index (κ1) is 20.3. The quantitative estimate of drug-likeness (QED) is 0.341. The fourth-order valence-corrected chi connectivity index (χ4v) is 9.39. The van der Waals surface area contributed by atoms with Crippen LogP contribution < -0.4 is 0 Å². The van der Waals surface area contributed by atoms with Crippen LogP contribution in [0.25, 0.3) is 0 Å². The molecule has 8 aliphatic rings. The molecule has 170 valence electrons. The molecule has 0 aromatic heterocycles. The molecule has 8 saturated carbocycles. The monoisotopic (exact) mass is 428 g/mol. The zero-order valence-corrected chi connectivity index (χ0v) is 18.8. The Morgan fingerprint density at radius 2 is 1.32 bits per heavy atom. The predicted molar refractivity (Wildman–Crippen MR) is 114 cm³/mol. The molecule has 5 nitrogen and oxygen atoms in total. The zero-order chi connectivity index (χ0) is 21.4. The van der Waals surface area contributed by atoms with Gasteiger partial charge in [0.25, 0.3) is 0 Å². The molecule has 8 rings (SSSR count). The Balaban J connectivity index is 1.12. The SMILES string of the molecule is C=C(C)C(=O)OC12CC3CC(C1)CC(C(=O)OCOC14CC5CC(CC(C5)C1)C4)(C3)C2. The van der Waals surface area contributed by atoms with Crippen molar-refractivity contribution in [1.82, 2.24) is 0 Å². The summed E-state index contributed by atoms with van der Waals surface area (Å²) in [6.07, 6.45) is 12.8. The van der Waals surface area contributed by atoms with Gasteiger partial charge in [-0.05, 0) is 107 Å². The summed E-state index contributed by atoms with van der Waals surface area (Å²) < 4.78 is 18.2. The average Bonchev–Trinajstić information content (AvgIpc) is 2.65. The third kappa shape index (κ3) is 3.37. The predicted octanol–water partition coefficient (Wildman–Crippen LogP) is 4.93. The number of rotatable bonds is 6. The van der Waals surface area contributed by atoms with Crippen molar-refractivity contribution < 1.29 is 23.8 Å². The smallest absolute Gasteiger partial charge is 0.333 e. The number of hydrogen-bond donors (Lipinski definition) is 0. The largest absolute Gasteiger partial charge is 0.456 e. The molecule has 0 radical (unpaired) electrons. The van der Waals surface area contributed by atoms with Crippen LogP contribution in [0.5, 0.6) is 0 Å². The molecule has 5 heteroatoms. The molecular formula is C26H36O5. The van der Waals surface area contributed by atoms with Gasteiger partial charge in [0.2, 0.25) is 0 Å². The number of esters is 2. The second-order valence-electron chi connectivity index (χ2n) is 12.4. The maximum Gasteiger partial charge on any atom is 0.333 e. The lowest BCUT2D eigenvalue weighted by molar-refractivity contribution is -0.232. The summed E-state index contributed by atoms with van der Waals surface area (Å²) >= 11 is 0. The van der Waals surface area contributed by atoms with Gasteiger partial charge < -0.3 is 14.2 Å². The third-order valence-electron chi connectivity index (χ3n) is 9.64. The molecule has 0 aliphatic heterocycles. The van der Waals surface area contributed by atoms with Crippen LogP contribution in [0.1, 0.15) is 84.0 Å². The van der Waals surface area contributed by atoms with Crippen LogP contribution in [0.3, 0.4) is 0 Å². The van der Waals surface area contributed by atoms with Crippen molar-refractivity contribution in [3.63, 3.8) is 0 Å². The minimum atomic E-state index is -0.514. The second kappa shape index (κ2) is 6.82. The first-order valence-corrected chi connectivity index (χ1v) is 12.5. The Bertz CT molecular complexity index is 763. The van der Waals surface area contributed by atoms with E-state index in [1.165, 1.54) is 19.3 Å². The molecule has 8 fully saturated rings. The summed E-state index contributed by atoms with van der Waals surface area (Å²) in [6.45, 7) is 5.51. The van der Waals surface area contributed by atoms with Crippen LogP contribution in [-0.4, -0.2) is 29.9 Å². The van der Waals surface area contributed by atoms with E-state index in [4.69, 9.17) is 14.2 Å². The summed E-state index contributed by atoms with van der Waals surface area (Å²) in [5, 5.41) is 0. The van der Waals surface area contributed by atoms with Crippen molar-refractivity contribution in [2.75, 3.05) is 6.79 Å². The highest BCUT2D eigenvalue weighted by Crippen LogP contribution is 2.63. The van der Waals surface area contributed by atoms with Crippen molar-refractivity contribution in [2.24, 2.45) is 35.0 Å². The van der Waals surface area contributed by atoms with Gasteiger partial charge in [-0.15, -0.1) is 0 Å². The highest BCUT2D eigenvalue weighted by molar-refractivity contribution is 5.87. The van der Waals surface area contributed by atoms with Gasteiger partial charge in [-0.25, -0.2) is 4.79 Å². The summed E-state index contributed by atoms with van der Waals surface area (Å²) in [6, 6.07) is 0. The normalized spacial score (nSPS) is 48.6. The van der Waals surface area contributed by atoms with Crippen LogP contribution in [0.4, 0.5) is 0 Å². The lowest BCUT2D eigenvalue weighted by Crippen LogP contribution is -2.60. The van der Waals surface area contributed by atoms with Gasteiger partial charge in [-0.1, -0.05) is 6.58 Å². The van der Waals surface area contributed by atoms with Crippen LogP contribution in [0, 0.1) is 35.0 Å². The topological polar surface area (TPSA) is 61.8 Å². The van der Waals surface area contributed by atoms with Gasteiger partial charge in [-0.3, -0.25) is 4.79 Å². The van der Waals surface area contributed by atoms with Gasteiger partial charge in [-0.2, -0.15) is 0 Å². The lowest BCUT2D eigenvalue weighted by atomic mass is 9.48. The number of carbonyl (C=O) groups excluding carboxylic acids is 2. The summed E-state index contributed by atoms with van der Waals surface area (Å²) in [4.78, 5) is 25.7. The van der Waals surface area contributed by atoms with E-state index in [1.807, 2.05) is 0 Å². The number of carbonyl (C=O) groups is 2. The third-order valence-corrected chi connectivity index (χ3v) is 9.64. The van der Waals surface area contributed by atoms with Crippen LogP contribution in [0.15, 0.2) is 12.2 Å². The standard InChI is InChI=1S/C26H36O5/c1-16(2)22(27)31-26-12-20-6-21(13-26)8-24(7-20,14-26)23(28)29-15-30-25-9-17-3-18(10-25)5-19(4-17)11-25/h17-21H,1,3-15H2,2H3. The van der Waals surface area contributed by atoms with E-state index in [0.29, 0.717) is 23.8 Å². The molecule has 2 unspecified atom stereocenters. The summed E-state index contributed by atoms with van der Waals surface area (Å²) in [5.74, 6) is 2.87. The Labute approximate surface area is 185 Å². The van der Waals surface area contributed by atoms with Crippen molar-refractivity contribution in [2.45, 2.75) is 95.2 Å². The molecule has 0 N–H and O–H groups in total. The highest BCUT2D eigenvalue weighted by Gasteiger charge is 2.63. The molecular weight excluding hydrogens is 392 g/mol. The van der Waals surface area contributed by atoms with Gasteiger partial charge >= 0.3 is 11.9 Å². The lowest BCUT2D eigenvalue weighted by Gasteiger charge is -2.59. The minimum absolute atomic E-state index is 0.0469. The van der Waals surface area contributed by atoms with E-state index in [2.05, 4.69) is 6.58 Å². The van der Waals surface area contributed by atoms with E-state index in [1.54, 1.807) is 6.92 Å². The Morgan fingerprint density at radius 1 is 0.806 bits per heavy atom. The van der Waals surface area contributed by atoms with Gasteiger partial charge in [0.05, 0.1) is 11.0 Å². The zero-order valence-electron chi connectivity index (χ0n) is 18.8. The summed E-state index contributed by atoms with van der Waals surface area (Å²) in [7, 11) is 0. The highest BCUT2D eigenvalue weighted by atomic mass is 16.7. The number of ether oxygens (including phenoxy) is 3. The molecule has 0 aromatic carbocycles. The van der Waals surface area contributed by atoms with Crippen molar-refractivity contribution in [3.05, 3.63) is 12.2 Å².